The minimum Gasteiger partial charge on any atom is -0.298 e. The minimum atomic E-state index is 0.365. The van der Waals surface area contributed by atoms with Crippen LogP contribution in [0.25, 0.3) is 11.4 Å². The Hall–Kier alpha value is -2.06. The van der Waals surface area contributed by atoms with Gasteiger partial charge in [-0.25, -0.2) is 0 Å². The summed E-state index contributed by atoms with van der Waals surface area (Å²) in [5.74, 6) is 1.17. The molecule has 90 valence electrons. The van der Waals surface area contributed by atoms with Crippen molar-refractivity contribution < 1.29 is 0 Å². The molecule has 0 radical (unpaired) electrons. The Labute approximate surface area is 110 Å². The van der Waals surface area contributed by atoms with Gasteiger partial charge in [0.2, 0.25) is 0 Å². The topological polar surface area (TPSA) is 54.5 Å². The normalized spacial score (nSPS) is 9.94. The smallest absolute Gasteiger partial charge is 0.192 e. The van der Waals surface area contributed by atoms with E-state index in [1.807, 2.05) is 34.9 Å². The summed E-state index contributed by atoms with van der Waals surface area (Å²) >= 11 is 1.38. The van der Waals surface area contributed by atoms with Gasteiger partial charge in [0, 0.05) is 12.1 Å². The molecular formula is C13H12N4S. The molecule has 0 fully saturated rings. The van der Waals surface area contributed by atoms with Crippen molar-refractivity contribution in [3.63, 3.8) is 0 Å². The molecule has 1 aromatic heterocycles. The SMILES string of the molecule is C=CCn1c(SCC#N)nnc1-c1ccccc1. The summed E-state index contributed by atoms with van der Waals surface area (Å²) in [4.78, 5) is 0. The summed E-state index contributed by atoms with van der Waals surface area (Å²) in [6, 6.07) is 12.0. The quantitative estimate of drug-likeness (QED) is 0.609. The molecule has 0 amide bonds. The van der Waals surface area contributed by atoms with Gasteiger partial charge in [0.05, 0.1) is 11.8 Å². The molecule has 18 heavy (non-hydrogen) atoms. The Morgan fingerprint density at radius 1 is 1.33 bits per heavy atom. The molecule has 0 atom stereocenters. The van der Waals surface area contributed by atoms with Crippen molar-refractivity contribution in [2.24, 2.45) is 0 Å². The maximum absolute atomic E-state index is 8.62. The second-order valence-electron chi connectivity index (χ2n) is 3.52. The fourth-order valence-corrected chi connectivity index (χ4v) is 2.20. The molecule has 1 aromatic carbocycles. The van der Waals surface area contributed by atoms with Gasteiger partial charge in [0.15, 0.2) is 11.0 Å². The lowest BCUT2D eigenvalue weighted by Gasteiger charge is -2.06. The van der Waals surface area contributed by atoms with E-state index in [0.717, 1.165) is 16.5 Å². The lowest BCUT2D eigenvalue weighted by molar-refractivity contribution is 0.732. The van der Waals surface area contributed by atoms with Crippen LogP contribution in [0, 0.1) is 11.3 Å². The number of hydrogen-bond donors (Lipinski definition) is 0. The third kappa shape index (κ3) is 2.60. The van der Waals surface area contributed by atoms with E-state index in [1.165, 1.54) is 11.8 Å². The third-order valence-electron chi connectivity index (χ3n) is 2.33. The fraction of sp³-hybridized carbons (Fsp3) is 0.154. The van der Waals surface area contributed by atoms with Crippen LogP contribution in [0.15, 0.2) is 48.1 Å². The molecule has 0 N–H and O–H groups in total. The van der Waals surface area contributed by atoms with Crippen LogP contribution in [-0.2, 0) is 6.54 Å². The summed E-state index contributed by atoms with van der Waals surface area (Å²) in [5.41, 5.74) is 1.01. The van der Waals surface area contributed by atoms with Crippen LogP contribution in [0.5, 0.6) is 0 Å². The van der Waals surface area contributed by atoms with E-state index < -0.39 is 0 Å². The van der Waals surface area contributed by atoms with E-state index in [9.17, 15) is 0 Å². The molecule has 2 aromatic rings. The summed E-state index contributed by atoms with van der Waals surface area (Å²) < 4.78 is 1.96. The van der Waals surface area contributed by atoms with Gasteiger partial charge in [-0.2, -0.15) is 5.26 Å². The number of thioether (sulfide) groups is 1. The van der Waals surface area contributed by atoms with Crippen molar-refractivity contribution in [3.05, 3.63) is 43.0 Å². The largest absolute Gasteiger partial charge is 0.298 e. The van der Waals surface area contributed by atoms with Crippen LogP contribution in [0.4, 0.5) is 0 Å². The van der Waals surface area contributed by atoms with Gasteiger partial charge in [-0.15, -0.1) is 16.8 Å². The van der Waals surface area contributed by atoms with Crippen molar-refractivity contribution in [2.75, 3.05) is 5.75 Å². The zero-order valence-electron chi connectivity index (χ0n) is 9.78. The van der Waals surface area contributed by atoms with Gasteiger partial charge in [0.1, 0.15) is 0 Å². The first-order chi connectivity index (χ1) is 8.86. The average molecular weight is 256 g/mol. The number of nitriles is 1. The highest BCUT2D eigenvalue weighted by Crippen LogP contribution is 2.23. The Bertz CT molecular complexity index is 568. The van der Waals surface area contributed by atoms with E-state index in [1.54, 1.807) is 6.08 Å². The summed E-state index contributed by atoms with van der Waals surface area (Å²) in [7, 11) is 0. The summed E-state index contributed by atoms with van der Waals surface area (Å²) in [5, 5.41) is 17.7. The zero-order valence-corrected chi connectivity index (χ0v) is 10.6. The minimum absolute atomic E-state index is 0.365. The third-order valence-corrected chi connectivity index (χ3v) is 3.16. The van der Waals surface area contributed by atoms with Crippen LogP contribution in [0.1, 0.15) is 0 Å². The molecular weight excluding hydrogens is 244 g/mol. The zero-order chi connectivity index (χ0) is 12.8. The van der Waals surface area contributed by atoms with Crippen LogP contribution in [0.2, 0.25) is 0 Å². The summed E-state index contributed by atoms with van der Waals surface area (Å²) in [6.45, 7) is 4.37. The Balaban J connectivity index is 2.39. The first-order valence-electron chi connectivity index (χ1n) is 5.46. The predicted molar refractivity (Wildman–Crippen MR) is 72.0 cm³/mol. The van der Waals surface area contributed by atoms with Crippen molar-refractivity contribution in [1.82, 2.24) is 14.8 Å². The first-order valence-corrected chi connectivity index (χ1v) is 6.44. The Morgan fingerprint density at radius 2 is 2.11 bits per heavy atom. The standard InChI is InChI=1S/C13H12N4S/c1-2-9-17-12(11-6-4-3-5-7-11)15-16-13(17)18-10-8-14/h2-7H,1,9-10H2. The molecule has 0 saturated carbocycles. The maximum Gasteiger partial charge on any atom is 0.192 e. The molecule has 1 heterocycles. The van der Waals surface area contributed by atoms with E-state index in [2.05, 4.69) is 22.8 Å². The predicted octanol–water partition coefficient (Wildman–Crippen LogP) is 2.75. The van der Waals surface area contributed by atoms with Crippen molar-refractivity contribution in [1.29, 1.82) is 5.26 Å². The van der Waals surface area contributed by atoms with Crippen LogP contribution in [0.3, 0.4) is 0 Å². The van der Waals surface area contributed by atoms with E-state index in [4.69, 9.17) is 5.26 Å². The van der Waals surface area contributed by atoms with Crippen LogP contribution < -0.4 is 0 Å². The summed E-state index contributed by atoms with van der Waals surface area (Å²) in [6.07, 6.45) is 1.80. The molecule has 0 spiro atoms. The highest BCUT2D eigenvalue weighted by molar-refractivity contribution is 7.99. The monoisotopic (exact) mass is 256 g/mol. The Morgan fingerprint density at radius 3 is 2.78 bits per heavy atom. The molecule has 0 unspecified atom stereocenters. The van der Waals surface area contributed by atoms with Crippen LogP contribution >= 0.6 is 11.8 Å². The van der Waals surface area contributed by atoms with Gasteiger partial charge in [-0.05, 0) is 0 Å². The molecule has 0 aliphatic rings. The Kier molecular flexibility index (Phi) is 4.15. The highest BCUT2D eigenvalue weighted by Gasteiger charge is 2.12. The second-order valence-corrected chi connectivity index (χ2v) is 4.46. The molecule has 5 heteroatoms. The van der Waals surface area contributed by atoms with Gasteiger partial charge in [-0.1, -0.05) is 48.2 Å². The van der Waals surface area contributed by atoms with Gasteiger partial charge < -0.3 is 0 Å². The molecule has 0 saturated heterocycles. The average Bonchev–Trinajstić information content (AvgIpc) is 2.81. The molecule has 0 aliphatic carbocycles. The first kappa shape index (κ1) is 12.4. The van der Waals surface area contributed by atoms with Crippen LogP contribution in [-0.4, -0.2) is 20.5 Å². The molecule has 2 rings (SSSR count). The lowest BCUT2D eigenvalue weighted by atomic mass is 10.2. The molecule has 4 nitrogen and oxygen atoms in total. The molecule has 0 aliphatic heterocycles. The number of hydrogen-bond acceptors (Lipinski definition) is 4. The lowest BCUT2D eigenvalue weighted by Crippen LogP contribution is -2.00. The van der Waals surface area contributed by atoms with Gasteiger partial charge >= 0.3 is 0 Å². The van der Waals surface area contributed by atoms with Crippen molar-refractivity contribution >= 4 is 11.8 Å². The number of nitrogens with zero attached hydrogens (tertiary/aromatic N) is 4. The number of allylic oxidation sites excluding steroid dienone is 1. The number of aromatic nitrogens is 3. The van der Waals surface area contributed by atoms with Crippen molar-refractivity contribution in [2.45, 2.75) is 11.7 Å². The second kappa shape index (κ2) is 6.03. The maximum atomic E-state index is 8.62. The van der Waals surface area contributed by atoms with E-state index >= 15 is 0 Å². The number of rotatable bonds is 5. The van der Waals surface area contributed by atoms with Crippen molar-refractivity contribution in [3.8, 4) is 17.5 Å². The fourth-order valence-electron chi connectivity index (χ4n) is 1.59. The van der Waals surface area contributed by atoms with Gasteiger partial charge in [0.25, 0.3) is 0 Å². The van der Waals surface area contributed by atoms with Gasteiger partial charge in [-0.3, -0.25) is 4.57 Å². The number of benzene rings is 1. The molecule has 0 bridgehead atoms. The van der Waals surface area contributed by atoms with E-state index in [-0.39, 0.29) is 0 Å². The highest BCUT2D eigenvalue weighted by atomic mass is 32.2. The van der Waals surface area contributed by atoms with E-state index in [0.29, 0.717) is 12.3 Å².